The number of nitrogens with zero attached hydrogens (tertiary/aromatic N) is 2. The molecule has 0 aliphatic carbocycles. The monoisotopic (exact) mass is 726 g/mol. The SMILES string of the molecule is COc1ccc(C[n+]2csc(CCOC(=O)CCCCCCC(=O)OCCc3sc[n+](Cc4ccc(OC)c(OC)c4)c3C)c2C)cc1OC. The molecule has 0 fully saturated rings. The first-order valence-electron chi connectivity index (χ1n) is 16.9. The van der Waals surface area contributed by atoms with E-state index >= 15 is 0 Å². The van der Waals surface area contributed by atoms with Crippen molar-refractivity contribution in [3.8, 4) is 23.0 Å². The lowest BCUT2D eigenvalue weighted by Gasteiger charge is -2.08. The quantitative estimate of drug-likeness (QED) is 0.0558. The molecule has 0 saturated heterocycles. The van der Waals surface area contributed by atoms with Crippen LogP contribution in [0.5, 0.6) is 23.0 Å². The molecule has 270 valence electrons. The van der Waals surface area contributed by atoms with Crippen LogP contribution in [0.15, 0.2) is 47.4 Å². The third-order valence-corrected chi connectivity index (χ3v) is 10.9. The van der Waals surface area contributed by atoms with Gasteiger partial charge in [0, 0.05) is 50.7 Å². The van der Waals surface area contributed by atoms with Crippen molar-refractivity contribution in [3.63, 3.8) is 0 Å². The Labute approximate surface area is 303 Å². The highest BCUT2D eigenvalue weighted by Gasteiger charge is 2.19. The van der Waals surface area contributed by atoms with E-state index in [-0.39, 0.29) is 11.9 Å². The number of hydrogen-bond acceptors (Lipinski definition) is 10. The molecule has 0 N–H and O–H groups in total. The normalized spacial score (nSPS) is 10.9. The summed E-state index contributed by atoms with van der Waals surface area (Å²) in [5.41, 5.74) is 8.76. The van der Waals surface area contributed by atoms with E-state index < -0.39 is 0 Å². The molecule has 4 rings (SSSR count). The first kappa shape index (κ1) is 38.6. The molecule has 2 heterocycles. The number of esters is 2. The number of methoxy groups -OCH3 is 4. The van der Waals surface area contributed by atoms with E-state index in [9.17, 15) is 9.59 Å². The highest BCUT2D eigenvalue weighted by Crippen LogP contribution is 2.29. The van der Waals surface area contributed by atoms with Gasteiger partial charge >= 0.3 is 11.9 Å². The minimum atomic E-state index is -0.175. The maximum absolute atomic E-state index is 12.3. The summed E-state index contributed by atoms with van der Waals surface area (Å²) in [5, 5.41) is 0. The average molecular weight is 727 g/mol. The van der Waals surface area contributed by atoms with Gasteiger partial charge in [-0.3, -0.25) is 9.59 Å². The number of aromatic nitrogens is 2. The zero-order valence-electron chi connectivity index (χ0n) is 30.1. The summed E-state index contributed by atoms with van der Waals surface area (Å²) in [4.78, 5) is 27.0. The summed E-state index contributed by atoms with van der Waals surface area (Å²) in [6.45, 7) is 6.36. The van der Waals surface area contributed by atoms with E-state index in [4.69, 9.17) is 28.4 Å². The van der Waals surface area contributed by atoms with E-state index in [1.165, 1.54) is 9.75 Å². The zero-order chi connectivity index (χ0) is 35.9. The third-order valence-electron chi connectivity index (χ3n) is 8.61. The molecule has 0 radical (unpaired) electrons. The maximum Gasteiger partial charge on any atom is 0.305 e. The van der Waals surface area contributed by atoms with Crippen molar-refractivity contribution in [1.82, 2.24) is 0 Å². The summed E-state index contributed by atoms with van der Waals surface area (Å²) in [7, 11) is 6.53. The van der Waals surface area contributed by atoms with Crippen LogP contribution in [0.2, 0.25) is 0 Å². The van der Waals surface area contributed by atoms with Crippen LogP contribution in [0.25, 0.3) is 0 Å². The molecule has 0 spiro atoms. The molecule has 0 unspecified atom stereocenters. The number of rotatable bonds is 21. The topological polar surface area (TPSA) is 97.3 Å². The summed E-state index contributed by atoms with van der Waals surface area (Å²) in [5.74, 6) is 2.49. The van der Waals surface area contributed by atoms with E-state index in [0.717, 1.165) is 61.3 Å². The van der Waals surface area contributed by atoms with E-state index in [1.54, 1.807) is 51.1 Å². The lowest BCUT2D eigenvalue weighted by molar-refractivity contribution is -0.689. The summed E-state index contributed by atoms with van der Waals surface area (Å²) < 4.78 is 36.9. The van der Waals surface area contributed by atoms with Crippen molar-refractivity contribution in [2.24, 2.45) is 0 Å². The van der Waals surface area contributed by atoms with Crippen LogP contribution < -0.4 is 28.1 Å². The van der Waals surface area contributed by atoms with E-state index in [1.807, 2.05) is 36.4 Å². The van der Waals surface area contributed by atoms with Gasteiger partial charge in [-0.25, -0.2) is 0 Å². The number of benzene rings is 2. The van der Waals surface area contributed by atoms with Crippen molar-refractivity contribution in [1.29, 1.82) is 0 Å². The standard InChI is InChI=1S/C38H50N2O8S2/c1-27-35(49-25-39(27)23-29-13-15-31(43-3)33(21-29)45-5)17-19-47-37(41)11-9-7-8-10-12-38(42)48-20-18-36-28(2)40(26-50-36)24-30-14-16-32(44-4)34(22-30)46-6/h13-16,21-22,25-26H,7-12,17-20,23-24H2,1-6H3/q+2. The van der Waals surface area contributed by atoms with Gasteiger partial charge in [0.25, 0.3) is 0 Å². The molecule has 0 amide bonds. The highest BCUT2D eigenvalue weighted by molar-refractivity contribution is 7.09. The van der Waals surface area contributed by atoms with Crippen LogP contribution in [0.3, 0.4) is 0 Å². The molecule has 50 heavy (non-hydrogen) atoms. The summed E-state index contributed by atoms with van der Waals surface area (Å²) in [6.07, 6.45) is 5.40. The Kier molecular flexibility index (Phi) is 15.4. The molecule has 0 aliphatic heterocycles. The van der Waals surface area contributed by atoms with Gasteiger partial charge in [0.05, 0.1) is 51.4 Å². The highest BCUT2D eigenvalue weighted by atomic mass is 32.1. The van der Waals surface area contributed by atoms with Crippen molar-refractivity contribution < 1.29 is 47.1 Å². The molecule has 12 heteroatoms. The van der Waals surface area contributed by atoms with Gasteiger partial charge in [0.1, 0.15) is 0 Å². The Morgan fingerprint density at radius 2 is 0.980 bits per heavy atom. The van der Waals surface area contributed by atoms with Gasteiger partial charge in [-0.05, 0) is 49.2 Å². The fraction of sp³-hybridized carbons (Fsp3) is 0.474. The number of thiazole rings is 2. The second-order valence-electron chi connectivity index (χ2n) is 12.0. The largest absolute Gasteiger partial charge is 0.493 e. The van der Waals surface area contributed by atoms with Gasteiger partial charge in [0.2, 0.25) is 11.0 Å². The number of carbonyl (C=O) groups excluding carboxylic acids is 2. The minimum absolute atomic E-state index is 0.175. The molecule has 0 saturated carbocycles. The Balaban J connectivity index is 1.05. The second kappa shape index (κ2) is 19.9. The average Bonchev–Trinajstić information content (AvgIpc) is 3.65. The fourth-order valence-corrected chi connectivity index (χ4v) is 7.55. The van der Waals surface area contributed by atoms with Crippen molar-refractivity contribution in [3.05, 3.63) is 79.7 Å². The van der Waals surface area contributed by atoms with Gasteiger partial charge in [0.15, 0.2) is 47.5 Å². The van der Waals surface area contributed by atoms with Crippen LogP contribution in [-0.4, -0.2) is 53.6 Å². The third kappa shape index (κ3) is 11.2. The zero-order valence-corrected chi connectivity index (χ0v) is 31.7. The number of carbonyl (C=O) groups is 2. The number of ether oxygens (including phenoxy) is 6. The van der Waals surface area contributed by atoms with Crippen molar-refractivity contribution >= 4 is 34.6 Å². The first-order chi connectivity index (χ1) is 24.3. The summed E-state index contributed by atoms with van der Waals surface area (Å²) >= 11 is 3.34. The summed E-state index contributed by atoms with van der Waals surface area (Å²) in [6, 6.07) is 11.9. The fourth-order valence-electron chi connectivity index (χ4n) is 5.60. The van der Waals surface area contributed by atoms with Crippen molar-refractivity contribution in [2.45, 2.75) is 78.3 Å². The Morgan fingerprint density at radius 3 is 1.36 bits per heavy atom. The predicted octanol–water partition coefficient (Wildman–Crippen LogP) is 6.34. The lowest BCUT2D eigenvalue weighted by atomic mass is 10.1. The number of unbranched alkanes of at least 4 members (excludes halogenated alkanes) is 3. The van der Waals surface area contributed by atoms with Gasteiger partial charge in [-0.15, -0.1) is 0 Å². The minimum Gasteiger partial charge on any atom is -0.493 e. The van der Waals surface area contributed by atoms with Crippen LogP contribution in [0, 0.1) is 13.8 Å². The van der Waals surface area contributed by atoms with Crippen molar-refractivity contribution in [2.75, 3.05) is 41.7 Å². The number of hydrogen-bond donors (Lipinski definition) is 0. The van der Waals surface area contributed by atoms with Crippen LogP contribution in [-0.2, 0) is 45.0 Å². The second-order valence-corrected chi connectivity index (χ2v) is 13.8. The Morgan fingerprint density at radius 1 is 0.580 bits per heavy atom. The van der Waals surface area contributed by atoms with Gasteiger partial charge in [-0.2, -0.15) is 9.13 Å². The molecule has 0 aliphatic rings. The molecule has 2 aromatic carbocycles. The molecule has 0 bridgehead atoms. The van der Waals surface area contributed by atoms with Crippen LogP contribution in [0.4, 0.5) is 0 Å². The molecular formula is C38H50N2O8S2+2. The predicted molar refractivity (Wildman–Crippen MR) is 193 cm³/mol. The Bertz CT molecular complexity index is 1580. The molecular weight excluding hydrogens is 677 g/mol. The van der Waals surface area contributed by atoms with Gasteiger partial charge in [-0.1, -0.05) is 35.5 Å². The molecule has 2 aromatic heterocycles. The lowest BCUT2D eigenvalue weighted by Crippen LogP contribution is -2.35. The van der Waals surface area contributed by atoms with Crippen LogP contribution >= 0.6 is 22.7 Å². The van der Waals surface area contributed by atoms with E-state index in [2.05, 4.69) is 34.0 Å². The van der Waals surface area contributed by atoms with Gasteiger partial charge < -0.3 is 28.4 Å². The van der Waals surface area contributed by atoms with Crippen LogP contribution in [0.1, 0.15) is 70.8 Å². The molecule has 4 aromatic rings. The van der Waals surface area contributed by atoms with E-state index in [0.29, 0.717) is 61.9 Å². The molecule has 10 nitrogen and oxygen atoms in total. The first-order valence-corrected chi connectivity index (χ1v) is 18.7. The smallest absolute Gasteiger partial charge is 0.305 e. The Hall–Kier alpha value is -4.16. The molecule has 0 atom stereocenters. The maximum atomic E-state index is 12.3.